The van der Waals surface area contributed by atoms with Gasteiger partial charge in [0.1, 0.15) is 0 Å². The van der Waals surface area contributed by atoms with Crippen molar-refractivity contribution in [3.8, 4) is 68.8 Å². The highest BCUT2D eigenvalue weighted by atomic mass is 15.0. The van der Waals surface area contributed by atoms with E-state index in [4.69, 9.17) is 15.0 Å². The molecule has 11 rings (SSSR count). The van der Waals surface area contributed by atoms with E-state index < -0.39 is 0 Å². The fraction of sp³-hybridized carbons (Fsp3) is 0. The predicted octanol–water partition coefficient (Wildman–Crippen LogP) is 12.5. The average Bonchev–Trinajstić information content (AvgIpc) is 3.83. The van der Waals surface area contributed by atoms with Crippen LogP contribution >= 0.6 is 0 Å². The lowest BCUT2D eigenvalue weighted by Gasteiger charge is -2.19. The molecule has 0 aliphatic heterocycles. The van der Waals surface area contributed by atoms with E-state index in [0.717, 1.165) is 82.8 Å². The molecule has 3 heterocycles. The van der Waals surface area contributed by atoms with Gasteiger partial charge in [-0.2, -0.15) is 10.5 Å². The van der Waals surface area contributed by atoms with Crippen LogP contribution in [0.3, 0.4) is 0 Å². The van der Waals surface area contributed by atoms with E-state index in [1.54, 1.807) is 0 Å². The summed E-state index contributed by atoms with van der Waals surface area (Å²) in [4.78, 5) is 15.2. The molecule has 0 atom stereocenters. The minimum absolute atomic E-state index is 0.548. The maximum Gasteiger partial charge on any atom is 0.164 e. The van der Waals surface area contributed by atoms with Crippen molar-refractivity contribution in [2.24, 2.45) is 0 Å². The second kappa shape index (κ2) is 14.1. The molecular weight excluding hydrogens is 735 g/mol. The molecule has 0 amide bonds. The van der Waals surface area contributed by atoms with Crippen molar-refractivity contribution in [3.05, 3.63) is 199 Å². The van der Waals surface area contributed by atoms with E-state index in [-0.39, 0.29) is 0 Å². The molecule has 0 saturated heterocycles. The number of hydrogen-bond donors (Lipinski definition) is 0. The SMILES string of the molecule is N#Cc1ccc2c(c1)c1ccccc1n2-c1ccccc1-c1ccc(-c2nc(-c3ccccc3)nc(-c3ccccc3)n2)cc1-n1c2ccccc2c2cc(C#N)ccc21. The lowest BCUT2D eigenvalue weighted by molar-refractivity contribution is 1.07. The van der Waals surface area contributed by atoms with E-state index in [2.05, 4.69) is 100 Å². The number of nitriles is 2. The summed E-state index contributed by atoms with van der Waals surface area (Å²) in [5.41, 5.74) is 11.8. The highest BCUT2D eigenvalue weighted by molar-refractivity contribution is 6.12. The van der Waals surface area contributed by atoms with Crippen LogP contribution in [0, 0.1) is 22.7 Å². The number of para-hydroxylation sites is 3. The Morgan fingerprint density at radius 2 is 0.767 bits per heavy atom. The van der Waals surface area contributed by atoms with Gasteiger partial charge in [0.05, 0.1) is 56.7 Å². The molecule has 7 nitrogen and oxygen atoms in total. The van der Waals surface area contributed by atoms with Crippen molar-refractivity contribution >= 4 is 43.6 Å². The Labute approximate surface area is 345 Å². The van der Waals surface area contributed by atoms with Gasteiger partial charge in [-0.3, -0.25) is 0 Å². The summed E-state index contributed by atoms with van der Waals surface area (Å²) in [6, 6.07) is 68.1. The summed E-state index contributed by atoms with van der Waals surface area (Å²) in [7, 11) is 0. The Bertz CT molecular complexity index is 3510. The largest absolute Gasteiger partial charge is 0.309 e. The average molecular weight is 766 g/mol. The van der Waals surface area contributed by atoms with Gasteiger partial charge in [-0.15, -0.1) is 0 Å². The molecule has 60 heavy (non-hydrogen) atoms. The molecule has 0 unspecified atom stereocenters. The van der Waals surface area contributed by atoms with Crippen LogP contribution in [0.25, 0.3) is 100 Å². The van der Waals surface area contributed by atoms with Gasteiger partial charge in [0.15, 0.2) is 17.5 Å². The molecule has 278 valence electrons. The first-order valence-corrected chi connectivity index (χ1v) is 19.6. The van der Waals surface area contributed by atoms with Gasteiger partial charge < -0.3 is 9.13 Å². The third-order valence-electron chi connectivity index (χ3n) is 11.2. The Morgan fingerprint density at radius 1 is 0.333 bits per heavy atom. The monoisotopic (exact) mass is 765 g/mol. The van der Waals surface area contributed by atoms with Crippen molar-refractivity contribution in [2.75, 3.05) is 0 Å². The Hall–Kier alpha value is -8.65. The van der Waals surface area contributed by atoms with Crippen molar-refractivity contribution < 1.29 is 0 Å². The first kappa shape index (κ1) is 34.6. The zero-order valence-corrected chi connectivity index (χ0v) is 32.0. The smallest absolute Gasteiger partial charge is 0.164 e. The van der Waals surface area contributed by atoms with Crippen LogP contribution in [-0.2, 0) is 0 Å². The van der Waals surface area contributed by atoms with Gasteiger partial charge in [0.2, 0.25) is 0 Å². The summed E-state index contributed by atoms with van der Waals surface area (Å²) in [5, 5.41) is 23.9. The topological polar surface area (TPSA) is 96.1 Å². The summed E-state index contributed by atoms with van der Waals surface area (Å²) >= 11 is 0. The highest BCUT2D eigenvalue weighted by Crippen LogP contribution is 2.42. The van der Waals surface area contributed by atoms with Crippen LogP contribution in [0.15, 0.2) is 188 Å². The zero-order valence-electron chi connectivity index (χ0n) is 32.0. The van der Waals surface area contributed by atoms with Crippen LogP contribution in [-0.4, -0.2) is 24.1 Å². The number of hydrogen-bond acceptors (Lipinski definition) is 5. The van der Waals surface area contributed by atoms with Crippen molar-refractivity contribution in [1.82, 2.24) is 24.1 Å². The van der Waals surface area contributed by atoms with Gasteiger partial charge in [0.25, 0.3) is 0 Å². The minimum atomic E-state index is 0.548. The predicted molar refractivity (Wildman–Crippen MR) is 240 cm³/mol. The molecule has 0 spiro atoms. The molecule has 7 heteroatoms. The van der Waals surface area contributed by atoms with E-state index in [9.17, 15) is 10.5 Å². The number of aromatic nitrogens is 5. The van der Waals surface area contributed by atoms with E-state index in [1.165, 1.54) is 0 Å². The number of fused-ring (bicyclic) bond motifs is 6. The van der Waals surface area contributed by atoms with Gasteiger partial charge >= 0.3 is 0 Å². The molecular formula is C53H31N7. The molecule has 0 radical (unpaired) electrons. The zero-order chi connectivity index (χ0) is 40.2. The van der Waals surface area contributed by atoms with Gasteiger partial charge in [-0.25, -0.2) is 15.0 Å². The van der Waals surface area contributed by atoms with Gasteiger partial charge in [-0.1, -0.05) is 127 Å². The molecule has 3 aromatic heterocycles. The second-order valence-corrected chi connectivity index (χ2v) is 14.7. The lowest BCUT2D eigenvalue weighted by Crippen LogP contribution is -2.03. The summed E-state index contributed by atoms with van der Waals surface area (Å²) in [6.45, 7) is 0. The first-order valence-electron chi connectivity index (χ1n) is 19.6. The molecule has 0 fully saturated rings. The van der Waals surface area contributed by atoms with Crippen LogP contribution in [0.4, 0.5) is 0 Å². The molecule has 8 aromatic carbocycles. The number of rotatable bonds is 6. The van der Waals surface area contributed by atoms with E-state index in [1.807, 2.05) is 109 Å². The number of benzene rings is 8. The molecule has 0 aliphatic carbocycles. The van der Waals surface area contributed by atoms with Gasteiger partial charge in [-0.05, 0) is 60.7 Å². The van der Waals surface area contributed by atoms with Crippen molar-refractivity contribution in [2.45, 2.75) is 0 Å². The van der Waals surface area contributed by atoms with Crippen LogP contribution in [0.2, 0.25) is 0 Å². The molecule has 0 saturated carbocycles. The van der Waals surface area contributed by atoms with Crippen LogP contribution < -0.4 is 0 Å². The molecule has 0 N–H and O–H groups in total. The number of nitrogens with zero attached hydrogens (tertiary/aromatic N) is 7. The third-order valence-corrected chi connectivity index (χ3v) is 11.2. The normalized spacial score (nSPS) is 11.3. The van der Waals surface area contributed by atoms with Gasteiger partial charge in [0, 0.05) is 49.4 Å². The highest BCUT2D eigenvalue weighted by Gasteiger charge is 2.22. The fourth-order valence-electron chi connectivity index (χ4n) is 8.52. The first-order chi connectivity index (χ1) is 29.7. The molecule has 0 bridgehead atoms. The minimum Gasteiger partial charge on any atom is -0.309 e. The Kier molecular flexibility index (Phi) is 8.11. The van der Waals surface area contributed by atoms with Crippen molar-refractivity contribution in [3.63, 3.8) is 0 Å². The van der Waals surface area contributed by atoms with E-state index in [0.29, 0.717) is 28.6 Å². The maximum atomic E-state index is 9.96. The lowest BCUT2D eigenvalue weighted by atomic mass is 9.98. The van der Waals surface area contributed by atoms with Crippen LogP contribution in [0.1, 0.15) is 11.1 Å². The quantitative estimate of drug-likeness (QED) is 0.168. The Morgan fingerprint density at radius 3 is 1.32 bits per heavy atom. The summed E-state index contributed by atoms with van der Waals surface area (Å²) in [6.07, 6.45) is 0. The summed E-state index contributed by atoms with van der Waals surface area (Å²) < 4.78 is 4.60. The summed E-state index contributed by atoms with van der Waals surface area (Å²) in [5.74, 6) is 1.72. The molecule has 0 aliphatic rings. The Balaban J connectivity index is 1.22. The standard InChI is InChI=1S/C53H31N7/c54-32-34-23-27-48-43(29-34)40-18-8-11-21-46(40)59(48)45-20-10-7-17-39(45)42-26-25-38(31-50(42)60-47-22-12-9-19-41(47)44-30-35(33-55)24-28-49(44)60)53-57-51(36-13-3-1-4-14-36)56-52(58-53)37-15-5-2-6-16-37/h1-31H. The van der Waals surface area contributed by atoms with Crippen LogP contribution in [0.5, 0.6) is 0 Å². The second-order valence-electron chi connectivity index (χ2n) is 14.7. The maximum absolute atomic E-state index is 9.96. The van der Waals surface area contributed by atoms with Crippen molar-refractivity contribution in [1.29, 1.82) is 10.5 Å². The third kappa shape index (κ3) is 5.61. The fourth-order valence-corrected chi connectivity index (χ4v) is 8.52. The van der Waals surface area contributed by atoms with E-state index >= 15 is 0 Å². The molecule has 11 aromatic rings.